The van der Waals surface area contributed by atoms with Gasteiger partial charge in [0, 0.05) is 16.2 Å². The van der Waals surface area contributed by atoms with Crippen molar-refractivity contribution in [2.75, 3.05) is 0 Å². The van der Waals surface area contributed by atoms with Crippen LogP contribution in [0.5, 0.6) is 0 Å². The van der Waals surface area contributed by atoms with Crippen LogP contribution in [-0.4, -0.2) is 37.2 Å². The fourth-order valence-corrected chi connectivity index (χ4v) is 8.45. The van der Waals surface area contributed by atoms with E-state index in [1.54, 1.807) is 12.4 Å². The lowest BCUT2D eigenvalue weighted by Gasteiger charge is -2.15. The highest BCUT2D eigenvalue weighted by Crippen LogP contribution is 2.41. The molecule has 0 spiro atoms. The fourth-order valence-electron chi connectivity index (χ4n) is 8.45. The number of hydrogen-bond donors (Lipinski definition) is 0. The van der Waals surface area contributed by atoms with Crippen LogP contribution >= 0.6 is 0 Å². The Labute approximate surface area is 331 Å². The number of aromatic nitrogens is 6. The van der Waals surface area contributed by atoms with Crippen molar-refractivity contribution in [1.82, 2.24) is 29.8 Å². The minimum atomic E-state index is -1.35. The second-order valence-corrected chi connectivity index (χ2v) is 14.6. The Morgan fingerprint density at radius 1 is 0.448 bits per heavy atom. The van der Waals surface area contributed by atoms with E-state index in [1.807, 2.05) is 66.7 Å². The highest BCUT2D eigenvalue weighted by atomic mass is 16.9. The van der Waals surface area contributed by atoms with Crippen molar-refractivity contribution in [2.24, 2.45) is 0 Å². The molecular formula is C48H31BN6O3. The minimum absolute atomic E-state index is 0.713. The smallest absolute Gasteiger partial charge is 0.380 e. The van der Waals surface area contributed by atoms with Crippen LogP contribution in [0.1, 0.15) is 17.7 Å². The number of allylic oxidation sites excluding steroid dienone is 4. The van der Waals surface area contributed by atoms with Crippen molar-refractivity contribution in [1.29, 1.82) is 0 Å². The molecule has 12 rings (SSSR count). The van der Waals surface area contributed by atoms with Crippen LogP contribution in [0, 0.1) is 0 Å². The first-order valence-electron chi connectivity index (χ1n) is 19.3. The third-order valence-electron chi connectivity index (χ3n) is 11.2. The summed E-state index contributed by atoms with van der Waals surface area (Å²) in [5, 5.41) is 26.6. The molecule has 0 unspecified atom stereocenters. The zero-order chi connectivity index (χ0) is 38.2. The average Bonchev–Trinajstić information content (AvgIpc) is 4.08. The summed E-state index contributed by atoms with van der Waals surface area (Å²) >= 11 is 0. The van der Waals surface area contributed by atoms with Gasteiger partial charge in [0.1, 0.15) is 22.2 Å². The third kappa shape index (κ3) is 5.22. The van der Waals surface area contributed by atoms with Gasteiger partial charge in [-0.25, -0.2) is 0 Å². The van der Waals surface area contributed by atoms with E-state index in [4.69, 9.17) is 19.4 Å². The molecule has 11 aromatic rings. The van der Waals surface area contributed by atoms with E-state index in [9.17, 15) is 0 Å². The highest BCUT2D eigenvalue weighted by molar-refractivity contribution is 6.37. The van der Waals surface area contributed by atoms with Crippen molar-refractivity contribution >= 4 is 94.3 Å². The normalized spacial score (nSPS) is 13.0. The summed E-state index contributed by atoms with van der Waals surface area (Å²) in [6, 6.07) is 52.5. The molecule has 274 valence electrons. The maximum Gasteiger partial charge on any atom is 0.929 e. The topological polar surface area (TPSA) is 81.1 Å². The summed E-state index contributed by atoms with van der Waals surface area (Å²) in [6.45, 7) is 0. The van der Waals surface area contributed by atoms with Gasteiger partial charge >= 0.3 is 7.32 Å². The number of benzene rings is 8. The summed E-state index contributed by atoms with van der Waals surface area (Å²) in [7, 11) is -1.35. The van der Waals surface area contributed by atoms with Crippen LogP contribution in [-0.2, 0) is 0 Å². The standard InChI is InChI=1S/C48H31BN6O3/c1-2-12-32-27-42-34(25-31(32)11-1)23-24-35-26-33-15-9-17-39(43(33)28-44(35)42)38-18-10-19-40(38)48-41-16-5-8-22-47(41)55(52-48)58-49(56-53-45-20-6-3-13-36(45)29-50-53)57-54-46-21-7-4-14-37(46)30-51-54/h1-18,20-30H,19H2. The van der Waals surface area contributed by atoms with Crippen molar-refractivity contribution < 1.29 is 14.3 Å². The molecule has 58 heavy (non-hydrogen) atoms. The monoisotopic (exact) mass is 750 g/mol. The molecule has 0 amide bonds. The van der Waals surface area contributed by atoms with Gasteiger partial charge in [-0.1, -0.05) is 121 Å². The molecule has 0 aliphatic heterocycles. The van der Waals surface area contributed by atoms with Crippen LogP contribution in [0.3, 0.4) is 0 Å². The SMILES string of the molecule is C1=CC(c2cccc3cc4ccc5cc6ccccc6cc5c4cc23)=C(c2nn(OB(On3ncc4ccccc43)On3ncc4ccccc43)c3ccccc23)C1. The summed E-state index contributed by atoms with van der Waals surface area (Å²) in [5.74, 6) is 0. The van der Waals surface area contributed by atoms with E-state index in [2.05, 4.69) is 107 Å². The summed E-state index contributed by atoms with van der Waals surface area (Å²) in [5.41, 5.74) is 6.47. The van der Waals surface area contributed by atoms with Crippen molar-refractivity contribution in [3.8, 4) is 0 Å². The lowest BCUT2D eigenvalue weighted by Crippen LogP contribution is -2.49. The van der Waals surface area contributed by atoms with Gasteiger partial charge in [-0.3, -0.25) is 0 Å². The maximum atomic E-state index is 6.54. The second-order valence-electron chi connectivity index (χ2n) is 14.6. The zero-order valence-corrected chi connectivity index (χ0v) is 30.9. The Hall–Kier alpha value is -7.85. The van der Waals surface area contributed by atoms with Crippen molar-refractivity contribution in [3.63, 3.8) is 0 Å². The first-order chi connectivity index (χ1) is 28.7. The molecule has 8 aromatic carbocycles. The van der Waals surface area contributed by atoms with Crippen LogP contribution in [0.2, 0.25) is 0 Å². The molecule has 1 aliphatic rings. The third-order valence-corrected chi connectivity index (χ3v) is 11.2. The predicted molar refractivity (Wildman–Crippen MR) is 232 cm³/mol. The van der Waals surface area contributed by atoms with E-state index in [0.29, 0.717) is 6.42 Å². The number of fused-ring (bicyclic) bond motifs is 8. The van der Waals surface area contributed by atoms with Crippen LogP contribution in [0.25, 0.3) is 86.9 Å². The molecule has 0 radical (unpaired) electrons. The minimum Gasteiger partial charge on any atom is -0.380 e. The summed E-state index contributed by atoms with van der Waals surface area (Å²) in [6.07, 6.45) is 8.61. The van der Waals surface area contributed by atoms with Crippen LogP contribution in [0.4, 0.5) is 0 Å². The molecule has 10 heteroatoms. The Kier molecular flexibility index (Phi) is 7.18. The Bertz CT molecular complexity index is 3430. The van der Waals surface area contributed by atoms with Gasteiger partial charge in [0.15, 0.2) is 0 Å². The number of nitrogens with zero attached hydrogens (tertiary/aromatic N) is 6. The fraction of sp³-hybridized carbons (Fsp3) is 0.0208. The first-order valence-corrected chi connectivity index (χ1v) is 19.3. The molecule has 0 saturated carbocycles. The van der Waals surface area contributed by atoms with Crippen LogP contribution in [0.15, 0.2) is 176 Å². The summed E-state index contributed by atoms with van der Waals surface area (Å²) in [4.78, 5) is 4.29. The van der Waals surface area contributed by atoms with E-state index >= 15 is 0 Å². The molecule has 0 atom stereocenters. The Morgan fingerprint density at radius 2 is 1.00 bits per heavy atom. The van der Waals surface area contributed by atoms with Crippen molar-refractivity contribution in [2.45, 2.75) is 6.42 Å². The quantitative estimate of drug-likeness (QED) is 0.0874. The van der Waals surface area contributed by atoms with Gasteiger partial charge in [-0.05, 0) is 109 Å². The number of para-hydroxylation sites is 3. The van der Waals surface area contributed by atoms with E-state index in [-0.39, 0.29) is 0 Å². The maximum absolute atomic E-state index is 6.54. The van der Waals surface area contributed by atoms with E-state index in [0.717, 1.165) is 55.1 Å². The van der Waals surface area contributed by atoms with Crippen molar-refractivity contribution in [3.05, 3.63) is 187 Å². The highest BCUT2D eigenvalue weighted by Gasteiger charge is 2.37. The van der Waals surface area contributed by atoms with Crippen LogP contribution < -0.4 is 14.3 Å². The van der Waals surface area contributed by atoms with Gasteiger partial charge in [0.2, 0.25) is 0 Å². The lowest BCUT2D eigenvalue weighted by molar-refractivity contribution is 0.0500. The number of hydrogen-bond acceptors (Lipinski definition) is 6. The first kappa shape index (κ1) is 32.4. The van der Waals surface area contributed by atoms with E-state index in [1.165, 1.54) is 57.6 Å². The van der Waals surface area contributed by atoms with Gasteiger partial charge in [-0.2, -0.15) is 0 Å². The molecule has 3 aromatic heterocycles. The average molecular weight is 751 g/mol. The predicted octanol–water partition coefficient (Wildman–Crippen LogP) is 9.89. The lowest BCUT2D eigenvalue weighted by atomic mass is 9.91. The molecular weight excluding hydrogens is 719 g/mol. The van der Waals surface area contributed by atoms with Gasteiger partial charge in [-0.15, -0.1) is 29.8 Å². The Balaban J connectivity index is 0.982. The van der Waals surface area contributed by atoms with Gasteiger partial charge in [0.05, 0.1) is 12.4 Å². The Morgan fingerprint density at radius 3 is 1.72 bits per heavy atom. The van der Waals surface area contributed by atoms with Gasteiger partial charge < -0.3 is 14.3 Å². The largest absolute Gasteiger partial charge is 0.929 e. The molecule has 0 saturated heterocycles. The van der Waals surface area contributed by atoms with Gasteiger partial charge in [0.25, 0.3) is 0 Å². The second kappa shape index (κ2) is 12.9. The van der Waals surface area contributed by atoms with E-state index < -0.39 is 7.32 Å². The zero-order valence-electron chi connectivity index (χ0n) is 30.9. The molecule has 0 bridgehead atoms. The number of rotatable bonds is 8. The molecule has 3 heterocycles. The molecule has 0 fully saturated rings. The molecule has 9 nitrogen and oxygen atoms in total. The molecule has 0 N–H and O–H groups in total. The summed E-state index contributed by atoms with van der Waals surface area (Å²) < 4.78 is 19.2. The molecule has 1 aliphatic carbocycles.